The zero-order valence-corrected chi connectivity index (χ0v) is 26.0. The molecular weight excluding hydrogens is 578 g/mol. The molecule has 5 nitrogen and oxygen atoms in total. The molecule has 0 unspecified atom stereocenters. The van der Waals surface area contributed by atoms with Crippen LogP contribution >= 0.6 is 11.8 Å². The topological polar surface area (TPSA) is 67.8 Å². The lowest BCUT2D eigenvalue weighted by Gasteiger charge is -2.41. The van der Waals surface area contributed by atoms with Crippen molar-refractivity contribution in [2.24, 2.45) is 5.92 Å². The van der Waals surface area contributed by atoms with Gasteiger partial charge in [-0.25, -0.2) is 0 Å². The summed E-state index contributed by atoms with van der Waals surface area (Å²) in [4.78, 5) is 13.7. The summed E-state index contributed by atoms with van der Waals surface area (Å²) in [6.45, 7) is 2.65. The molecule has 0 spiro atoms. The molecule has 0 aliphatic carbocycles. The lowest BCUT2D eigenvalue weighted by atomic mass is 9.91. The summed E-state index contributed by atoms with van der Waals surface area (Å²) in [5, 5.41) is 12.6. The van der Waals surface area contributed by atoms with Gasteiger partial charge in [0.15, 0.2) is 6.29 Å². The van der Waals surface area contributed by atoms with Gasteiger partial charge in [0.2, 0.25) is 0 Å². The summed E-state index contributed by atoms with van der Waals surface area (Å²) in [7, 11) is 0. The minimum Gasteiger partial charge on any atom is -0.392 e. The highest BCUT2D eigenvalue weighted by Gasteiger charge is 2.38. The zero-order chi connectivity index (χ0) is 31.0. The minimum absolute atomic E-state index is 0.0149. The number of nitrogens with one attached hydrogen (secondary N) is 1. The van der Waals surface area contributed by atoms with Crippen molar-refractivity contribution in [1.29, 1.82) is 0 Å². The lowest BCUT2D eigenvalue weighted by Crippen LogP contribution is -2.38. The van der Waals surface area contributed by atoms with Crippen LogP contribution in [0.2, 0.25) is 0 Å². The van der Waals surface area contributed by atoms with Crippen LogP contribution < -0.4 is 5.32 Å². The first kappa shape index (κ1) is 30.8. The quantitative estimate of drug-likeness (QED) is 0.155. The van der Waals surface area contributed by atoms with Gasteiger partial charge >= 0.3 is 0 Å². The predicted molar refractivity (Wildman–Crippen MR) is 180 cm³/mol. The highest BCUT2D eigenvalue weighted by molar-refractivity contribution is 7.99. The fourth-order valence-electron chi connectivity index (χ4n) is 5.57. The van der Waals surface area contributed by atoms with E-state index in [-0.39, 0.29) is 30.6 Å². The second-order valence-corrected chi connectivity index (χ2v) is 12.4. The molecule has 0 radical (unpaired) electrons. The SMILES string of the molecule is C[C@@H]1[C@H](CSc2ccccc2)O[C@H](c2ccc(-c3cccc(CNC(=O)c4ccccc4)c3)cc2)O[C@@H]1c1ccc(CO)cc1. The van der Waals surface area contributed by atoms with Crippen LogP contribution in [0.25, 0.3) is 11.1 Å². The molecule has 6 heteroatoms. The van der Waals surface area contributed by atoms with Gasteiger partial charge in [-0.05, 0) is 58.1 Å². The summed E-state index contributed by atoms with van der Waals surface area (Å²) in [5.41, 5.74) is 6.75. The molecule has 1 saturated heterocycles. The number of ether oxygens (including phenoxy) is 2. The molecule has 0 bridgehead atoms. The summed E-state index contributed by atoms with van der Waals surface area (Å²) < 4.78 is 13.3. The molecule has 1 amide bonds. The highest BCUT2D eigenvalue weighted by atomic mass is 32.2. The number of aliphatic hydroxyl groups excluding tert-OH is 1. The fourth-order valence-corrected chi connectivity index (χ4v) is 6.66. The summed E-state index contributed by atoms with van der Waals surface area (Å²) in [6.07, 6.45) is -0.696. The Bertz CT molecular complexity index is 1680. The molecule has 2 N–H and O–H groups in total. The Labute approximate surface area is 269 Å². The Morgan fingerprint density at radius 2 is 1.42 bits per heavy atom. The van der Waals surface area contributed by atoms with Crippen molar-refractivity contribution in [3.8, 4) is 11.1 Å². The smallest absolute Gasteiger partial charge is 0.251 e. The van der Waals surface area contributed by atoms with Gasteiger partial charge in [-0.1, -0.05) is 110 Å². The van der Waals surface area contributed by atoms with E-state index in [0.29, 0.717) is 12.1 Å². The molecule has 1 aliphatic heterocycles. The molecule has 1 aliphatic rings. The Morgan fingerprint density at radius 1 is 0.733 bits per heavy atom. The molecule has 0 aromatic heterocycles. The lowest BCUT2D eigenvalue weighted by molar-refractivity contribution is -0.268. The Hall–Kier alpha value is -4.20. The summed E-state index contributed by atoms with van der Waals surface area (Å²) in [6, 6.07) is 44.2. The standard InChI is InChI=1S/C39H37NO4S/c1-27-36(26-45-35-13-6-3-7-14-35)43-39(44-37(27)31-17-15-28(25-41)16-18-31)33-21-19-30(20-22-33)34-12-8-9-29(23-34)24-40-38(42)32-10-4-2-5-11-32/h2-23,27,36-37,39,41H,24-26H2,1H3,(H,40,42)/t27-,36+,37+,39+/m1/s1. The van der Waals surface area contributed by atoms with Crippen molar-refractivity contribution in [1.82, 2.24) is 5.32 Å². The van der Waals surface area contributed by atoms with E-state index >= 15 is 0 Å². The van der Waals surface area contributed by atoms with Crippen LogP contribution in [0.15, 0.2) is 138 Å². The van der Waals surface area contributed by atoms with E-state index in [1.807, 2.05) is 60.7 Å². The first-order valence-electron chi connectivity index (χ1n) is 15.3. The molecule has 228 valence electrons. The number of rotatable bonds is 10. The molecule has 45 heavy (non-hydrogen) atoms. The summed E-state index contributed by atoms with van der Waals surface area (Å²) >= 11 is 1.80. The van der Waals surface area contributed by atoms with E-state index in [1.165, 1.54) is 4.90 Å². The Morgan fingerprint density at radius 3 is 2.13 bits per heavy atom. The van der Waals surface area contributed by atoms with Gasteiger partial charge in [-0.3, -0.25) is 4.79 Å². The van der Waals surface area contributed by atoms with Crippen molar-refractivity contribution in [3.63, 3.8) is 0 Å². The maximum atomic E-state index is 12.5. The number of aliphatic hydroxyl groups is 1. The monoisotopic (exact) mass is 615 g/mol. The largest absolute Gasteiger partial charge is 0.392 e. The van der Waals surface area contributed by atoms with Crippen LogP contribution in [-0.4, -0.2) is 22.9 Å². The van der Waals surface area contributed by atoms with Gasteiger partial charge in [-0.2, -0.15) is 0 Å². The number of carbonyl (C=O) groups excluding carboxylic acids is 1. The molecule has 6 rings (SSSR count). The Kier molecular flexibility index (Phi) is 10.1. The van der Waals surface area contributed by atoms with Gasteiger partial charge < -0.3 is 19.9 Å². The predicted octanol–water partition coefficient (Wildman–Crippen LogP) is 8.36. The van der Waals surface area contributed by atoms with Crippen molar-refractivity contribution < 1.29 is 19.4 Å². The van der Waals surface area contributed by atoms with Crippen molar-refractivity contribution in [2.45, 2.75) is 43.5 Å². The number of hydrogen-bond donors (Lipinski definition) is 2. The minimum atomic E-state index is -0.515. The second kappa shape index (κ2) is 14.7. The van der Waals surface area contributed by atoms with Crippen molar-refractivity contribution in [3.05, 3.63) is 161 Å². The fraction of sp³-hybridized carbons (Fsp3) is 0.205. The van der Waals surface area contributed by atoms with Crippen LogP contribution in [0.5, 0.6) is 0 Å². The second-order valence-electron chi connectivity index (χ2n) is 11.3. The highest BCUT2D eigenvalue weighted by Crippen LogP contribution is 2.43. The first-order valence-corrected chi connectivity index (χ1v) is 16.3. The van der Waals surface area contributed by atoms with Crippen LogP contribution in [0.4, 0.5) is 0 Å². The van der Waals surface area contributed by atoms with Gasteiger partial charge in [-0.15, -0.1) is 11.8 Å². The van der Waals surface area contributed by atoms with E-state index in [0.717, 1.165) is 39.1 Å². The van der Waals surface area contributed by atoms with Gasteiger partial charge in [0.1, 0.15) is 0 Å². The van der Waals surface area contributed by atoms with Crippen molar-refractivity contribution in [2.75, 3.05) is 5.75 Å². The number of thioether (sulfide) groups is 1. The normalized spacial score (nSPS) is 19.6. The molecule has 0 saturated carbocycles. The third-order valence-electron chi connectivity index (χ3n) is 8.21. The molecule has 1 heterocycles. The third kappa shape index (κ3) is 7.72. The Balaban J connectivity index is 1.18. The van der Waals surface area contributed by atoms with Gasteiger partial charge in [0.25, 0.3) is 5.91 Å². The average Bonchev–Trinajstić information content (AvgIpc) is 3.11. The van der Waals surface area contributed by atoms with E-state index < -0.39 is 6.29 Å². The summed E-state index contributed by atoms with van der Waals surface area (Å²) in [5.74, 6) is 0.846. The molecule has 1 fully saturated rings. The van der Waals surface area contributed by atoms with E-state index in [9.17, 15) is 9.90 Å². The van der Waals surface area contributed by atoms with E-state index in [2.05, 4.69) is 85.0 Å². The molecule has 5 aromatic rings. The average molecular weight is 616 g/mol. The number of amides is 1. The number of hydrogen-bond acceptors (Lipinski definition) is 5. The van der Waals surface area contributed by atoms with Gasteiger partial charge in [0, 0.05) is 34.2 Å². The van der Waals surface area contributed by atoms with Crippen LogP contribution in [0.3, 0.4) is 0 Å². The maximum Gasteiger partial charge on any atom is 0.251 e. The van der Waals surface area contributed by atoms with Crippen LogP contribution in [-0.2, 0) is 22.6 Å². The van der Waals surface area contributed by atoms with Crippen LogP contribution in [0.1, 0.15) is 51.9 Å². The maximum absolute atomic E-state index is 12.5. The van der Waals surface area contributed by atoms with Gasteiger partial charge in [0.05, 0.1) is 18.8 Å². The number of benzene rings is 5. The molecule has 4 atom stereocenters. The van der Waals surface area contributed by atoms with E-state index in [4.69, 9.17) is 9.47 Å². The number of carbonyl (C=O) groups is 1. The zero-order valence-electron chi connectivity index (χ0n) is 25.2. The van der Waals surface area contributed by atoms with Crippen LogP contribution in [0, 0.1) is 5.92 Å². The molecular formula is C39H37NO4S. The van der Waals surface area contributed by atoms with Crippen molar-refractivity contribution >= 4 is 17.7 Å². The molecule has 5 aromatic carbocycles. The first-order chi connectivity index (χ1) is 22.1. The third-order valence-corrected chi connectivity index (χ3v) is 9.31. The van der Waals surface area contributed by atoms with E-state index in [1.54, 1.807) is 11.8 Å².